The van der Waals surface area contributed by atoms with Gasteiger partial charge in [0.2, 0.25) is 0 Å². The minimum Gasteiger partial charge on any atom is -0.361 e. The third-order valence-electron chi connectivity index (χ3n) is 4.51. The highest BCUT2D eigenvalue weighted by Gasteiger charge is 2.37. The molecule has 1 amide bonds. The van der Waals surface area contributed by atoms with Crippen LogP contribution >= 0.6 is 0 Å². The van der Waals surface area contributed by atoms with Gasteiger partial charge in [-0.1, -0.05) is 35.5 Å². The van der Waals surface area contributed by atoms with Crippen LogP contribution in [-0.2, 0) is 0 Å². The van der Waals surface area contributed by atoms with Gasteiger partial charge in [-0.25, -0.2) is 0 Å². The number of amides is 1. The number of hydrogen-bond donors (Lipinski definition) is 1. The number of benzene rings is 1. The average molecular weight is 299 g/mol. The Kier molecular flexibility index (Phi) is 3.98. The van der Waals surface area contributed by atoms with Crippen molar-refractivity contribution in [3.8, 4) is 0 Å². The molecule has 0 aliphatic carbocycles. The maximum absolute atomic E-state index is 12.8. The Hall–Kier alpha value is -2.14. The molecule has 116 valence electrons. The molecule has 22 heavy (non-hydrogen) atoms. The van der Waals surface area contributed by atoms with E-state index >= 15 is 0 Å². The number of aromatic nitrogens is 1. The van der Waals surface area contributed by atoms with E-state index in [4.69, 9.17) is 10.3 Å². The first-order chi connectivity index (χ1) is 10.6. The van der Waals surface area contributed by atoms with Crippen molar-refractivity contribution < 1.29 is 9.32 Å². The molecule has 3 rings (SSSR count). The van der Waals surface area contributed by atoms with Crippen LogP contribution in [-0.4, -0.2) is 35.6 Å². The summed E-state index contributed by atoms with van der Waals surface area (Å²) in [6.45, 7) is 5.52. The molecule has 5 nitrogen and oxygen atoms in total. The molecular weight excluding hydrogens is 278 g/mol. The van der Waals surface area contributed by atoms with E-state index in [-0.39, 0.29) is 17.7 Å². The third-order valence-corrected chi connectivity index (χ3v) is 4.51. The van der Waals surface area contributed by atoms with Gasteiger partial charge in [-0.3, -0.25) is 4.79 Å². The van der Waals surface area contributed by atoms with E-state index in [9.17, 15) is 4.79 Å². The molecule has 2 atom stereocenters. The number of nitrogens with two attached hydrogens (primary N) is 1. The summed E-state index contributed by atoms with van der Waals surface area (Å²) in [6.07, 6.45) is 0. The summed E-state index contributed by atoms with van der Waals surface area (Å²) in [5.41, 5.74) is 8.41. The number of rotatable bonds is 3. The topological polar surface area (TPSA) is 72.4 Å². The molecule has 0 unspecified atom stereocenters. The molecule has 0 bridgehead atoms. The van der Waals surface area contributed by atoms with Gasteiger partial charge in [-0.05, 0) is 31.9 Å². The number of nitrogens with zero attached hydrogens (tertiary/aromatic N) is 2. The van der Waals surface area contributed by atoms with E-state index in [0.29, 0.717) is 36.7 Å². The van der Waals surface area contributed by atoms with E-state index in [1.165, 1.54) is 5.56 Å². The molecule has 0 radical (unpaired) electrons. The lowest BCUT2D eigenvalue weighted by Crippen LogP contribution is -2.30. The van der Waals surface area contributed by atoms with Gasteiger partial charge < -0.3 is 15.2 Å². The van der Waals surface area contributed by atoms with Crippen molar-refractivity contribution in [3.05, 3.63) is 52.9 Å². The second-order valence-electron chi connectivity index (χ2n) is 5.92. The Morgan fingerprint density at radius 2 is 2.05 bits per heavy atom. The summed E-state index contributed by atoms with van der Waals surface area (Å²) in [6, 6.07) is 10.3. The van der Waals surface area contributed by atoms with E-state index in [1.807, 2.05) is 23.1 Å². The predicted molar refractivity (Wildman–Crippen MR) is 83.6 cm³/mol. The van der Waals surface area contributed by atoms with Crippen molar-refractivity contribution in [2.45, 2.75) is 19.8 Å². The molecule has 1 saturated heterocycles. The molecule has 0 saturated carbocycles. The number of carbonyl (C=O) groups excluding carboxylic acids is 1. The van der Waals surface area contributed by atoms with Crippen LogP contribution < -0.4 is 5.73 Å². The Labute approximate surface area is 130 Å². The minimum atomic E-state index is -0.00636. The van der Waals surface area contributed by atoms with Crippen molar-refractivity contribution in [2.75, 3.05) is 19.6 Å². The fraction of sp³-hybridized carbons (Fsp3) is 0.412. The Morgan fingerprint density at radius 3 is 2.64 bits per heavy atom. The SMILES string of the molecule is Cc1noc(C)c1C(=O)N1C[C@@H](CN)[C@H](c2ccccc2)C1. The molecule has 5 heteroatoms. The number of carbonyl (C=O) groups is 1. The summed E-state index contributed by atoms with van der Waals surface area (Å²) in [7, 11) is 0. The fourth-order valence-electron chi connectivity index (χ4n) is 3.30. The molecular formula is C17H21N3O2. The molecule has 1 fully saturated rings. The minimum absolute atomic E-state index is 0.00636. The van der Waals surface area contributed by atoms with Crippen LogP contribution in [0.5, 0.6) is 0 Å². The van der Waals surface area contributed by atoms with Crippen LogP contribution in [0, 0.1) is 19.8 Å². The molecule has 2 aromatic rings. The normalized spacial score (nSPS) is 21.3. The van der Waals surface area contributed by atoms with Gasteiger partial charge in [-0.2, -0.15) is 0 Å². The van der Waals surface area contributed by atoms with Crippen molar-refractivity contribution in [3.63, 3.8) is 0 Å². The molecule has 2 N–H and O–H groups in total. The van der Waals surface area contributed by atoms with E-state index in [0.717, 1.165) is 0 Å². The molecule has 1 aromatic carbocycles. The smallest absolute Gasteiger partial charge is 0.259 e. The maximum atomic E-state index is 12.8. The van der Waals surface area contributed by atoms with Crippen molar-refractivity contribution >= 4 is 5.91 Å². The zero-order valence-corrected chi connectivity index (χ0v) is 13.0. The van der Waals surface area contributed by atoms with Crippen molar-refractivity contribution in [1.29, 1.82) is 0 Å². The van der Waals surface area contributed by atoms with E-state index < -0.39 is 0 Å². The lowest BCUT2D eigenvalue weighted by molar-refractivity contribution is 0.0784. The first kappa shape index (κ1) is 14.8. The van der Waals surface area contributed by atoms with Gasteiger partial charge in [0.25, 0.3) is 5.91 Å². The summed E-state index contributed by atoms with van der Waals surface area (Å²) in [5, 5.41) is 3.88. The lowest BCUT2D eigenvalue weighted by atomic mass is 9.89. The van der Waals surface area contributed by atoms with Crippen LogP contribution in [0.1, 0.15) is 33.3 Å². The van der Waals surface area contributed by atoms with Crippen LogP contribution in [0.15, 0.2) is 34.9 Å². The van der Waals surface area contributed by atoms with Crippen LogP contribution in [0.2, 0.25) is 0 Å². The quantitative estimate of drug-likeness (QED) is 0.942. The molecule has 0 spiro atoms. The monoisotopic (exact) mass is 299 g/mol. The van der Waals surface area contributed by atoms with Gasteiger partial charge in [0.1, 0.15) is 11.3 Å². The van der Waals surface area contributed by atoms with Gasteiger partial charge in [0.15, 0.2) is 0 Å². The van der Waals surface area contributed by atoms with E-state index in [1.54, 1.807) is 13.8 Å². The second-order valence-corrected chi connectivity index (χ2v) is 5.92. The summed E-state index contributed by atoms with van der Waals surface area (Å²) in [4.78, 5) is 14.6. The summed E-state index contributed by atoms with van der Waals surface area (Å²) < 4.78 is 5.12. The Bertz CT molecular complexity index is 646. The summed E-state index contributed by atoms with van der Waals surface area (Å²) in [5.74, 6) is 1.14. The van der Waals surface area contributed by atoms with Gasteiger partial charge >= 0.3 is 0 Å². The van der Waals surface area contributed by atoms with E-state index in [2.05, 4.69) is 17.3 Å². The highest BCUT2D eigenvalue weighted by atomic mass is 16.5. The number of hydrogen-bond acceptors (Lipinski definition) is 4. The standard InChI is InChI=1S/C17H21N3O2/c1-11-16(12(2)22-19-11)17(21)20-9-14(8-18)15(10-20)13-6-4-3-5-7-13/h3-7,14-15H,8-10,18H2,1-2H3/t14-,15+/m1/s1. The van der Waals surface area contributed by atoms with Gasteiger partial charge in [-0.15, -0.1) is 0 Å². The molecule has 1 aliphatic heterocycles. The van der Waals surface area contributed by atoms with Gasteiger partial charge in [0, 0.05) is 19.0 Å². The zero-order chi connectivity index (χ0) is 15.7. The molecule has 1 aliphatic rings. The van der Waals surface area contributed by atoms with Crippen molar-refractivity contribution in [1.82, 2.24) is 10.1 Å². The number of aryl methyl sites for hydroxylation is 2. The summed E-state index contributed by atoms with van der Waals surface area (Å²) >= 11 is 0. The molecule has 1 aromatic heterocycles. The second kappa shape index (κ2) is 5.93. The van der Waals surface area contributed by atoms with Crippen LogP contribution in [0.4, 0.5) is 0 Å². The first-order valence-corrected chi connectivity index (χ1v) is 7.59. The maximum Gasteiger partial charge on any atom is 0.259 e. The fourth-order valence-corrected chi connectivity index (χ4v) is 3.30. The third kappa shape index (κ3) is 2.52. The zero-order valence-electron chi connectivity index (χ0n) is 13.0. The largest absolute Gasteiger partial charge is 0.361 e. The highest BCUT2D eigenvalue weighted by molar-refractivity contribution is 5.96. The van der Waals surface area contributed by atoms with Crippen LogP contribution in [0.25, 0.3) is 0 Å². The molecule has 2 heterocycles. The highest BCUT2D eigenvalue weighted by Crippen LogP contribution is 2.33. The Balaban J connectivity index is 1.84. The number of likely N-dealkylation sites (tertiary alicyclic amines) is 1. The lowest BCUT2D eigenvalue weighted by Gasteiger charge is -2.16. The predicted octanol–water partition coefficient (Wildman–Crippen LogP) is 2.11. The Morgan fingerprint density at radius 1 is 1.32 bits per heavy atom. The first-order valence-electron chi connectivity index (χ1n) is 7.59. The average Bonchev–Trinajstić information content (AvgIpc) is 3.11. The van der Waals surface area contributed by atoms with Gasteiger partial charge in [0.05, 0.1) is 5.69 Å². The van der Waals surface area contributed by atoms with Crippen LogP contribution in [0.3, 0.4) is 0 Å². The van der Waals surface area contributed by atoms with Crippen molar-refractivity contribution in [2.24, 2.45) is 11.7 Å².